The van der Waals surface area contributed by atoms with Gasteiger partial charge in [0, 0.05) is 52.9 Å². The highest BCUT2D eigenvalue weighted by Crippen LogP contribution is 2.27. The van der Waals surface area contributed by atoms with E-state index >= 15 is 0 Å². The molecule has 42 heavy (non-hydrogen) atoms. The molecular formula is C31H21ClN6O2S2. The molecule has 8 nitrogen and oxygen atoms in total. The van der Waals surface area contributed by atoms with Crippen LogP contribution in [0, 0.1) is 11.8 Å². The molecule has 5 heterocycles. The van der Waals surface area contributed by atoms with E-state index in [0.29, 0.717) is 44.9 Å². The number of carbonyl (C=O) groups excluding carboxylic acids is 1. The van der Waals surface area contributed by atoms with Crippen molar-refractivity contribution in [3.05, 3.63) is 139 Å². The minimum Gasteiger partial charge on any atom is -0.365 e. The van der Waals surface area contributed by atoms with Gasteiger partial charge in [-0.15, -0.1) is 11.3 Å². The Balaban J connectivity index is 1.44. The minimum absolute atomic E-state index is 0.224. The molecule has 5 aromatic heterocycles. The number of hydrogen-bond acceptors (Lipinski definition) is 8. The van der Waals surface area contributed by atoms with E-state index < -0.39 is 0 Å². The molecule has 0 atom stereocenters. The second-order valence-corrected chi connectivity index (χ2v) is 11.7. The second-order valence-electron chi connectivity index (χ2n) is 9.11. The van der Waals surface area contributed by atoms with Crippen molar-refractivity contribution in [2.24, 2.45) is 0 Å². The first-order valence-corrected chi connectivity index (χ1v) is 14.7. The predicted octanol–water partition coefficient (Wildman–Crippen LogP) is 6.03. The zero-order valence-electron chi connectivity index (χ0n) is 21.9. The smallest absolute Gasteiger partial charge is 0.291 e. The van der Waals surface area contributed by atoms with Crippen LogP contribution in [-0.2, 0) is 13.1 Å². The molecule has 0 radical (unpaired) electrons. The number of benzene rings is 1. The molecule has 0 spiro atoms. The molecule has 0 fully saturated rings. The third-order valence-electron chi connectivity index (χ3n) is 6.24. The van der Waals surface area contributed by atoms with Gasteiger partial charge in [0.05, 0.1) is 28.7 Å². The fraction of sp³-hybridized carbons (Fsp3) is 0.0645. The van der Waals surface area contributed by atoms with Crippen molar-refractivity contribution in [1.82, 2.24) is 23.7 Å². The Kier molecular flexibility index (Phi) is 8.05. The lowest BCUT2D eigenvalue weighted by Gasteiger charge is -2.09. The Labute approximate surface area is 254 Å². The van der Waals surface area contributed by atoms with Crippen LogP contribution in [0.15, 0.2) is 102 Å². The summed E-state index contributed by atoms with van der Waals surface area (Å²) >= 11 is 8.65. The van der Waals surface area contributed by atoms with E-state index in [1.54, 1.807) is 41.5 Å². The topological polar surface area (TPSA) is 94.7 Å². The van der Waals surface area contributed by atoms with Crippen molar-refractivity contribution in [3.63, 3.8) is 0 Å². The summed E-state index contributed by atoms with van der Waals surface area (Å²) in [5, 5.41) is 7.96. The summed E-state index contributed by atoms with van der Waals surface area (Å²) in [5.74, 6) is 6.55. The van der Waals surface area contributed by atoms with Crippen LogP contribution in [0.4, 0.5) is 5.82 Å². The van der Waals surface area contributed by atoms with Gasteiger partial charge in [-0.1, -0.05) is 41.6 Å². The minimum atomic E-state index is -0.335. The highest BCUT2D eigenvalue weighted by Gasteiger charge is 2.20. The van der Waals surface area contributed by atoms with Crippen molar-refractivity contribution < 1.29 is 4.79 Å². The number of rotatable bonds is 7. The van der Waals surface area contributed by atoms with Gasteiger partial charge in [0.2, 0.25) is 0 Å². The third kappa shape index (κ3) is 6.24. The first-order valence-electron chi connectivity index (χ1n) is 12.8. The largest absolute Gasteiger partial charge is 0.365 e. The molecule has 6 aromatic rings. The zero-order chi connectivity index (χ0) is 28.9. The van der Waals surface area contributed by atoms with E-state index in [-0.39, 0.29) is 11.5 Å². The van der Waals surface area contributed by atoms with Gasteiger partial charge in [-0.25, -0.2) is 4.37 Å². The van der Waals surface area contributed by atoms with Crippen LogP contribution in [0.1, 0.15) is 31.2 Å². The number of halogens is 1. The molecule has 0 bridgehead atoms. The van der Waals surface area contributed by atoms with E-state index in [0.717, 1.165) is 27.5 Å². The lowest BCUT2D eigenvalue weighted by Crippen LogP contribution is -2.20. The number of aromatic nitrogens is 5. The first kappa shape index (κ1) is 27.4. The van der Waals surface area contributed by atoms with Gasteiger partial charge < -0.3 is 9.88 Å². The number of anilines is 1. The Hall–Kier alpha value is -4.82. The molecule has 0 saturated carbocycles. The highest BCUT2D eigenvalue weighted by molar-refractivity contribution is 7.16. The summed E-state index contributed by atoms with van der Waals surface area (Å²) in [7, 11) is 0. The molecule has 0 unspecified atom stereocenters. The lowest BCUT2D eigenvalue weighted by atomic mass is 10.1. The van der Waals surface area contributed by atoms with Gasteiger partial charge in [-0.05, 0) is 59.6 Å². The van der Waals surface area contributed by atoms with Gasteiger partial charge >= 0.3 is 0 Å². The second kappa shape index (κ2) is 12.4. The van der Waals surface area contributed by atoms with Gasteiger partial charge in [0.25, 0.3) is 11.5 Å². The maximum Gasteiger partial charge on any atom is 0.291 e. The summed E-state index contributed by atoms with van der Waals surface area (Å²) in [6.45, 7) is 0.794. The zero-order valence-corrected chi connectivity index (χ0v) is 24.3. The molecule has 0 aliphatic heterocycles. The maximum atomic E-state index is 13.4. The Morgan fingerprint density at radius 3 is 2.55 bits per heavy atom. The van der Waals surface area contributed by atoms with E-state index in [9.17, 15) is 9.59 Å². The third-order valence-corrected chi connectivity index (χ3v) is 8.21. The van der Waals surface area contributed by atoms with Crippen LogP contribution >= 0.6 is 34.5 Å². The molecule has 1 aromatic carbocycles. The normalized spacial score (nSPS) is 10.7. The molecule has 0 aliphatic carbocycles. The SMILES string of the molecule is O=C(c1ccns1)n1nc(-c2cc(=O)n(Cc3ccncc3)cc2C#Cc2ccccc2)cc1NCc1ccc(Cl)s1. The molecule has 0 amide bonds. The highest BCUT2D eigenvalue weighted by atomic mass is 35.5. The van der Waals surface area contributed by atoms with Gasteiger partial charge in [0.1, 0.15) is 10.7 Å². The summed E-state index contributed by atoms with van der Waals surface area (Å²) in [5.41, 5.74) is 3.09. The summed E-state index contributed by atoms with van der Waals surface area (Å²) in [6.07, 6.45) is 6.69. The van der Waals surface area contributed by atoms with Gasteiger partial charge in [0.15, 0.2) is 0 Å². The molecule has 206 valence electrons. The van der Waals surface area contributed by atoms with Crippen molar-refractivity contribution in [1.29, 1.82) is 0 Å². The van der Waals surface area contributed by atoms with Gasteiger partial charge in [-0.3, -0.25) is 14.6 Å². The number of hydrogen-bond donors (Lipinski definition) is 1. The Morgan fingerprint density at radius 2 is 1.81 bits per heavy atom. The maximum absolute atomic E-state index is 13.4. The van der Waals surface area contributed by atoms with Crippen molar-refractivity contribution in [2.45, 2.75) is 13.1 Å². The Bertz CT molecular complexity index is 1970. The van der Waals surface area contributed by atoms with Crippen molar-refractivity contribution >= 4 is 46.2 Å². The average molecular weight is 609 g/mol. The van der Waals surface area contributed by atoms with Crippen LogP contribution in [0.3, 0.4) is 0 Å². The number of thiophene rings is 1. The fourth-order valence-electron chi connectivity index (χ4n) is 4.20. The molecular weight excluding hydrogens is 588 g/mol. The van der Waals surface area contributed by atoms with Crippen LogP contribution in [0.2, 0.25) is 4.34 Å². The number of carbonyl (C=O) groups is 1. The van der Waals surface area contributed by atoms with Crippen LogP contribution < -0.4 is 10.9 Å². The molecule has 6 rings (SSSR count). The summed E-state index contributed by atoms with van der Waals surface area (Å²) < 4.78 is 7.64. The van der Waals surface area contributed by atoms with E-state index in [4.69, 9.17) is 11.6 Å². The van der Waals surface area contributed by atoms with E-state index in [2.05, 4.69) is 31.6 Å². The van der Waals surface area contributed by atoms with E-state index in [1.807, 2.05) is 54.6 Å². The van der Waals surface area contributed by atoms with Crippen molar-refractivity contribution in [2.75, 3.05) is 5.32 Å². The summed E-state index contributed by atoms with van der Waals surface area (Å²) in [6, 6.07) is 22.0. The number of nitrogens with one attached hydrogen (secondary N) is 1. The van der Waals surface area contributed by atoms with Gasteiger partial charge in [-0.2, -0.15) is 9.78 Å². The van der Waals surface area contributed by atoms with Crippen LogP contribution in [0.25, 0.3) is 11.3 Å². The molecule has 1 N–H and O–H groups in total. The van der Waals surface area contributed by atoms with Crippen LogP contribution in [-0.4, -0.2) is 29.6 Å². The number of pyridine rings is 2. The lowest BCUT2D eigenvalue weighted by molar-refractivity contribution is 0.0952. The molecule has 11 heteroatoms. The first-order chi connectivity index (χ1) is 20.5. The fourth-order valence-corrected chi connectivity index (χ4v) is 5.75. The summed E-state index contributed by atoms with van der Waals surface area (Å²) in [4.78, 5) is 32.2. The molecule has 0 saturated heterocycles. The van der Waals surface area contributed by atoms with E-state index in [1.165, 1.54) is 22.1 Å². The average Bonchev–Trinajstić information content (AvgIpc) is 3.79. The number of nitrogens with zero attached hydrogens (tertiary/aromatic N) is 5. The monoisotopic (exact) mass is 608 g/mol. The molecule has 0 aliphatic rings. The Morgan fingerprint density at radius 1 is 0.976 bits per heavy atom. The van der Waals surface area contributed by atoms with Crippen LogP contribution in [0.5, 0.6) is 0 Å². The van der Waals surface area contributed by atoms with Crippen molar-refractivity contribution in [3.8, 4) is 23.1 Å². The standard InChI is InChI=1S/C31H21ClN6O2S2/c32-28-9-8-24(41-28)18-34-29-17-26(36-38(29)31(40)27-12-15-35-42-27)25-16-30(39)37(19-22-10-13-33-14-11-22)20-23(25)7-6-21-4-2-1-3-5-21/h1-5,8-17,20,34H,18-19H2. The quantitative estimate of drug-likeness (QED) is 0.223. The predicted molar refractivity (Wildman–Crippen MR) is 166 cm³/mol.